The summed E-state index contributed by atoms with van der Waals surface area (Å²) in [6.07, 6.45) is 0.695. The summed E-state index contributed by atoms with van der Waals surface area (Å²) < 4.78 is 62.7. The molecule has 0 saturated carbocycles. The third-order valence-electron chi connectivity index (χ3n) is 7.80. The lowest BCUT2D eigenvalue weighted by Crippen LogP contribution is -2.39. The van der Waals surface area contributed by atoms with Crippen molar-refractivity contribution in [2.45, 2.75) is 16.2 Å². The molecule has 1 heterocycles. The van der Waals surface area contributed by atoms with Crippen molar-refractivity contribution in [2.24, 2.45) is 17.4 Å². The lowest BCUT2D eigenvalue weighted by atomic mass is 10.1. The molecule has 16 heteroatoms. The van der Waals surface area contributed by atoms with Gasteiger partial charge in [-0.1, -0.05) is 24.3 Å². The highest BCUT2D eigenvalue weighted by atomic mass is 32.2. The summed E-state index contributed by atoms with van der Waals surface area (Å²) in [5.41, 5.74) is 11.5. The van der Waals surface area contributed by atoms with Crippen LogP contribution < -0.4 is 35.4 Å². The van der Waals surface area contributed by atoms with E-state index in [1.807, 2.05) is 0 Å². The Hall–Kier alpha value is -5.19. The lowest BCUT2D eigenvalue weighted by Gasteiger charge is -2.28. The van der Waals surface area contributed by atoms with Gasteiger partial charge in [0.25, 0.3) is 20.0 Å². The number of fused-ring (bicyclic) bond motifs is 1. The molecule has 1 aliphatic rings. The normalized spacial score (nSPS) is 14.7. The van der Waals surface area contributed by atoms with Crippen LogP contribution in [0.2, 0.25) is 0 Å². The number of nitrogens with two attached hydrogens (primary N) is 2. The Labute approximate surface area is 277 Å². The molecule has 1 unspecified atom stereocenters. The average molecular weight is 695 g/mol. The molecule has 1 atom stereocenters. The van der Waals surface area contributed by atoms with Gasteiger partial charge < -0.3 is 26.8 Å². The van der Waals surface area contributed by atoms with Gasteiger partial charge in [-0.2, -0.15) is 0 Å². The quantitative estimate of drug-likeness (QED) is 0.160. The number of sulfonamides is 2. The van der Waals surface area contributed by atoms with E-state index in [1.54, 1.807) is 24.3 Å². The highest BCUT2D eigenvalue weighted by Crippen LogP contribution is 2.38. The molecule has 0 aromatic heterocycles. The largest absolute Gasteiger partial charge is 0.497 e. The minimum Gasteiger partial charge on any atom is -0.497 e. The summed E-state index contributed by atoms with van der Waals surface area (Å²) in [5, 5.41) is 6.40. The number of benzene rings is 4. The Morgan fingerprint density at radius 1 is 0.771 bits per heavy atom. The molecule has 14 nitrogen and oxygen atoms in total. The van der Waals surface area contributed by atoms with Gasteiger partial charge >= 0.3 is 0 Å². The van der Waals surface area contributed by atoms with Crippen LogP contribution in [0.25, 0.3) is 10.8 Å². The van der Waals surface area contributed by atoms with Crippen molar-refractivity contribution in [1.82, 2.24) is 5.32 Å². The Morgan fingerprint density at radius 3 is 1.67 bits per heavy atom. The van der Waals surface area contributed by atoms with E-state index in [9.17, 15) is 31.2 Å². The van der Waals surface area contributed by atoms with E-state index in [2.05, 4.69) is 10.6 Å². The van der Waals surface area contributed by atoms with Gasteiger partial charge in [-0.3, -0.25) is 23.0 Å². The molecular weight excluding hydrogens is 661 g/mol. The SMILES string of the molecule is COc1ccc(S(=O)(=O)N(CC(N)=O)c2ccc(N(CC(N)=O)S(=O)(=O)c3ccc(NC(=O)C4CCNC4)cc3)c3ccccc23)cc1. The van der Waals surface area contributed by atoms with Crippen LogP contribution in [0.15, 0.2) is 94.7 Å². The number of ether oxygens (including phenoxy) is 1. The maximum atomic E-state index is 14.1. The van der Waals surface area contributed by atoms with Crippen molar-refractivity contribution in [1.29, 1.82) is 0 Å². The highest BCUT2D eigenvalue weighted by Gasteiger charge is 2.32. The van der Waals surface area contributed by atoms with Gasteiger partial charge in [-0.05, 0) is 73.6 Å². The second-order valence-corrected chi connectivity index (χ2v) is 14.7. The molecule has 0 radical (unpaired) electrons. The fraction of sp³-hybridized carbons (Fsp3) is 0.219. The van der Waals surface area contributed by atoms with Gasteiger partial charge in [0.2, 0.25) is 17.7 Å². The molecule has 0 aliphatic carbocycles. The first kappa shape index (κ1) is 34.2. The molecule has 4 aromatic rings. The summed E-state index contributed by atoms with van der Waals surface area (Å²) >= 11 is 0. The van der Waals surface area contributed by atoms with Gasteiger partial charge in [0.1, 0.15) is 18.8 Å². The molecule has 1 fully saturated rings. The zero-order chi connectivity index (χ0) is 34.6. The molecule has 5 rings (SSSR count). The maximum absolute atomic E-state index is 14.1. The lowest BCUT2D eigenvalue weighted by molar-refractivity contribution is -0.119. The molecule has 0 spiro atoms. The summed E-state index contributed by atoms with van der Waals surface area (Å²) in [7, 11) is -7.38. The Balaban J connectivity index is 1.57. The number of hydrogen-bond acceptors (Lipinski definition) is 9. The van der Waals surface area contributed by atoms with Crippen LogP contribution in [0.3, 0.4) is 0 Å². The minimum absolute atomic E-state index is 0.0279. The van der Waals surface area contributed by atoms with Gasteiger partial charge in [-0.15, -0.1) is 0 Å². The van der Waals surface area contributed by atoms with Crippen molar-refractivity contribution in [3.8, 4) is 5.75 Å². The number of amides is 3. The number of carbonyl (C=O) groups excluding carboxylic acids is 3. The molecule has 3 amide bonds. The first-order valence-corrected chi connectivity index (χ1v) is 17.6. The standard InChI is InChI=1S/C32H34N6O8S2/c1-46-23-8-12-25(13-9-23)48(44,45)38(20-31(34)40)29-15-14-28(26-4-2-3-5-27(26)29)37(19-30(33)39)47(42,43)24-10-6-22(7-11-24)36-32(41)21-16-17-35-18-21/h2-15,21,35H,16-20H2,1H3,(H2,33,39)(H2,34,40)(H,36,41). The van der Waals surface area contributed by atoms with E-state index in [0.29, 0.717) is 24.4 Å². The zero-order valence-electron chi connectivity index (χ0n) is 25.8. The predicted octanol–water partition coefficient (Wildman–Crippen LogP) is 1.76. The van der Waals surface area contributed by atoms with Crippen LogP contribution in [0, 0.1) is 5.92 Å². The van der Waals surface area contributed by atoms with Crippen molar-refractivity contribution >= 4 is 65.6 Å². The summed E-state index contributed by atoms with van der Waals surface area (Å²) in [4.78, 5) is 36.6. The first-order valence-electron chi connectivity index (χ1n) is 14.7. The van der Waals surface area contributed by atoms with E-state index in [-0.39, 0.29) is 43.8 Å². The van der Waals surface area contributed by atoms with Gasteiger partial charge in [-0.25, -0.2) is 16.8 Å². The van der Waals surface area contributed by atoms with Crippen LogP contribution in [0.4, 0.5) is 17.1 Å². The van der Waals surface area contributed by atoms with E-state index >= 15 is 0 Å². The monoisotopic (exact) mass is 694 g/mol. The van der Waals surface area contributed by atoms with Crippen molar-refractivity contribution in [3.05, 3.63) is 84.9 Å². The van der Waals surface area contributed by atoms with Gasteiger partial charge in [0.05, 0.1) is 34.2 Å². The van der Waals surface area contributed by atoms with Crippen LogP contribution in [-0.2, 0) is 34.4 Å². The average Bonchev–Trinajstić information content (AvgIpc) is 3.62. The predicted molar refractivity (Wildman–Crippen MR) is 180 cm³/mol. The maximum Gasteiger partial charge on any atom is 0.264 e. The fourth-order valence-electron chi connectivity index (χ4n) is 5.42. The summed E-state index contributed by atoms with van der Waals surface area (Å²) in [6.45, 7) is -0.168. The Morgan fingerprint density at radius 2 is 1.25 bits per heavy atom. The molecular formula is C32H34N6O8S2. The Kier molecular flexibility index (Phi) is 9.88. The summed E-state index contributed by atoms with van der Waals surface area (Å²) in [6, 6.07) is 20.1. The molecule has 48 heavy (non-hydrogen) atoms. The smallest absolute Gasteiger partial charge is 0.264 e. The van der Waals surface area contributed by atoms with Gasteiger partial charge in [0.15, 0.2) is 0 Å². The number of anilines is 3. The molecule has 4 aromatic carbocycles. The van der Waals surface area contributed by atoms with E-state index in [0.717, 1.165) is 15.2 Å². The van der Waals surface area contributed by atoms with Crippen molar-refractivity contribution < 1.29 is 36.0 Å². The van der Waals surface area contributed by atoms with Crippen molar-refractivity contribution in [2.75, 3.05) is 47.2 Å². The highest BCUT2D eigenvalue weighted by molar-refractivity contribution is 7.93. The van der Waals surface area contributed by atoms with Gasteiger partial charge in [0, 0.05) is 23.0 Å². The van der Waals surface area contributed by atoms with Crippen LogP contribution in [-0.4, -0.2) is 67.8 Å². The second-order valence-electron chi connectivity index (χ2n) is 11.0. The number of carbonyl (C=O) groups is 3. The molecule has 0 bridgehead atoms. The number of primary amides is 2. The summed E-state index contributed by atoms with van der Waals surface area (Å²) in [5.74, 6) is -1.84. The minimum atomic E-state index is -4.44. The van der Waals surface area contributed by atoms with E-state index in [1.165, 1.54) is 67.8 Å². The second kappa shape index (κ2) is 13.9. The zero-order valence-corrected chi connectivity index (χ0v) is 27.5. The Bertz CT molecular complexity index is 2070. The van der Waals surface area contributed by atoms with Crippen molar-refractivity contribution in [3.63, 3.8) is 0 Å². The van der Waals surface area contributed by atoms with E-state index < -0.39 is 45.0 Å². The molecule has 6 N–H and O–H groups in total. The van der Waals surface area contributed by atoms with Crippen LogP contribution >= 0.6 is 0 Å². The number of rotatable bonds is 13. The third kappa shape index (κ3) is 7.05. The molecule has 1 saturated heterocycles. The number of methoxy groups -OCH3 is 1. The number of nitrogens with zero attached hydrogens (tertiary/aromatic N) is 2. The number of nitrogens with one attached hydrogen (secondary N) is 2. The molecule has 252 valence electrons. The van der Waals surface area contributed by atoms with Crippen LogP contribution in [0.1, 0.15) is 6.42 Å². The fourth-order valence-corrected chi connectivity index (χ4v) is 8.32. The third-order valence-corrected chi connectivity index (χ3v) is 11.4. The van der Waals surface area contributed by atoms with E-state index in [4.69, 9.17) is 16.2 Å². The first-order chi connectivity index (χ1) is 22.8. The topological polar surface area (TPSA) is 211 Å². The molecule has 1 aliphatic heterocycles. The van der Waals surface area contributed by atoms with Crippen LogP contribution in [0.5, 0.6) is 5.75 Å². The number of hydrogen-bond donors (Lipinski definition) is 4.